The smallest absolute Gasteiger partial charge is 0.313 e. The summed E-state index contributed by atoms with van der Waals surface area (Å²) in [6.45, 7) is 9.23. The summed E-state index contributed by atoms with van der Waals surface area (Å²) in [7, 11) is 3.15. The number of methoxy groups -OCH3 is 2. The van der Waals surface area contributed by atoms with Crippen molar-refractivity contribution in [2.24, 2.45) is 5.92 Å². The lowest BCUT2D eigenvalue weighted by Gasteiger charge is -2.35. The number of carbonyl (C=O) groups excluding carboxylic acids is 1. The molecule has 0 unspecified atom stereocenters. The summed E-state index contributed by atoms with van der Waals surface area (Å²) in [5.74, 6) is 0.972. The van der Waals surface area contributed by atoms with Crippen LogP contribution in [0, 0.1) is 5.92 Å². The van der Waals surface area contributed by atoms with Gasteiger partial charge in [0, 0.05) is 44.8 Å². The van der Waals surface area contributed by atoms with Crippen molar-refractivity contribution in [2.45, 2.75) is 26.9 Å². The predicted molar refractivity (Wildman–Crippen MR) is 117 cm³/mol. The Labute approximate surface area is 179 Å². The molecule has 1 heterocycles. The monoisotopic (exact) mass is 412 g/mol. The van der Waals surface area contributed by atoms with Gasteiger partial charge in [-0.1, -0.05) is 50.2 Å². The van der Waals surface area contributed by atoms with Crippen LogP contribution in [0.1, 0.15) is 25.0 Å². The van der Waals surface area contributed by atoms with E-state index in [0.717, 1.165) is 38.3 Å². The molecule has 0 amide bonds. The number of hydrogen-bond acceptors (Lipinski definition) is 6. The Balaban J connectivity index is 1.69. The van der Waals surface area contributed by atoms with Gasteiger partial charge < -0.3 is 14.2 Å². The highest BCUT2D eigenvalue weighted by Crippen LogP contribution is 2.41. The SMILES string of the molecule is COc1ccc(CN2CCN(Cc3ccccc3)CC2)c(OC(=O)C(C)C)c1OC. The zero-order chi connectivity index (χ0) is 21.5. The van der Waals surface area contributed by atoms with Gasteiger partial charge in [0.15, 0.2) is 11.5 Å². The van der Waals surface area contributed by atoms with Crippen LogP contribution in [-0.4, -0.2) is 56.2 Å². The van der Waals surface area contributed by atoms with Gasteiger partial charge >= 0.3 is 5.97 Å². The standard InChI is InChI=1S/C24H32N2O4/c1-18(2)24(27)30-22-20(10-11-21(28-3)23(22)29-4)17-26-14-12-25(13-15-26)16-19-8-6-5-7-9-19/h5-11,18H,12-17H2,1-4H3. The first-order valence-electron chi connectivity index (χ1n) is 10.5. The highest BCUT2D eigenvalue weighted by molar-refractivity contribution is 5.76. The molecule has 162 valence electrons. The molecule has 30 heavy (non-hydrogen) atoms. The molecule has 2 aromatic carbocycles. The summed E-state index contributed by atoms with van der Waals surface area (Å²) >= 11 is 0. The number of hydrogen-bond donors (Lipinski definition) is 0. The zero-order valence-electron chi connectivity index (χ0n) is 18.4. The molecule has 0 atom stereocenters. The Morgan fingerprint density at radius 1 is 0.867 bits per heavy atom. The van der Waals surface area contributed by atoms with E-state index in [0.29, 0.717) is 23.8 Å². The van der Waals surface area contributed by atoms with Gasteiger partial charge in [-0.3, -0.25) is 14.6 Å². The lowest BCUT2D eigenvalue weighted by atomic mass is 10.1. The Hall–Kier alpha value is -2.57. The third-order valence-electron chi connectivity index (χ3n) is 5.36. The third-order valence-corrected chi connectivity index (χ3v) is 5.36. The number of benzene rings is 2. The minimum absolute atomic E-state index is 0.227. The van der Waals surface area contributed by atoms with Crippen LogP contribution in [0.2, 0.25) is 0 Å². The quantitative estimate of drug-likeness (QED) is 0.488. The summed E-state index contributed by atoms with van der Waals surface area (Å²) in [6, 6.07) is 14.4. The van der Waals surface area contributed by atoms with E-state index in [9.17, 15) is 4.79 Å². The van der Waals surface area contributed by atoms with Crippen molar-refractivity contribution in [1.82, 2.24) is 9.80 Å². The molecule has 0 radical (unpaired) electrons. The first-order chi connectivity index (χ1) is 14.5. The van der Waals surface area contributed by atoms with Crippen LogP contribution >= 0.6 is 0 Å². The second kappa shape index (κ2) is 10.5. The fraction of sp³-hybridized carbons (Fsp3) is 0.458. The van der Waals surface area contributed by atoms with Gasteiger partial charge in [-0.2, -0.15) is 0 Å². The molecule has 0 spiro atoms. The fourth-order valence-corrected chi connectivity index (χ4v) is 3.58. The van der Waals surface area contributed by atoms with Crippen LogP contribution < -0.4 is 14.2 Å². The Morgan fingerprint density at radius 3 is 2.07 bits per heavy atom. The summed E-state index contributed by atoms with van der Waals surface area (Å²) in [6.07, 6.45) is 0. The molecular formula is C24H32N2O4. The van der Waals surface area contributed by atoms with Crippen LogP contribution in [0.15, 0.2) is 42.5 Å². The Bertz CT molecular complexity index is 831. The number of piperazine rings is 1. The maximum Gasteiger partial charge on any atom is 0.313 e. The van der Waals surface area contributed by atoms with E-state index in [2.05, 4.69) is 34.1 Å². The van der Waals surface area contributed by atoms with E-state index in [-0.39, 0.29) is 11.9 Å². The number of esters is 1. The number of carbonyl (C=O) groups is 1. The van der Waals surface area contributed by atoms with E-state index in [1.54, 1.807) is 14.2 Å². The molecule has 1 fully saturated rings. The number of nitrogens with zero attached hydrogens (tertiary/aromatic N) is 2. The van der Waals surface area contributed by atoms with Gasteiger partial charge in [0.2, 0.25) is 5.75 Å². The highest BCUT2D eigenvalue weighted by atomic mass is 16.6. The molecule has 6 nitrogen and oxygen atoms in total. The molecule has 1 saturated heterocycles. The second-order valence-corrected chi connectivity index (χ2v) is 7.90. The molecule has 0 saturated carbocycles. The van der Waals surface area contributed by atoms with Crippen molar-refractivity contribution in [3.05, 3.63) is 53.6 Å². The van der Waals surface area contributed by atoms with E-state index in [4.69, 9.17) is 14.2 Å². The minimum Gasteiger partial charge on any atom is -0.493 e. The lowest BCUT2D eigenvalue weighted by molar-refractivity contribution is -0.137. The van der Waals surface area contributed by atoms with Crippen molar-refractivity contribution in [2.75, 3.05) is 40.4 Å². The lowest BCUT2D eigenvalue weighted by Crippen LogP contribution is -2.45. The maximum atomic E-state index is 12.3. The average Bonchev–Trinajstić information content (AvgIpc) is 2.76. The van der Waals surface area contributed by atoms with Crippen molar-refractivity contribution in [1.29, 1.82) is 0 Å². The maximum absolute atomic E-state index is 12.3. The van der Waals surface area contributed by atoms with E-state index in [1.807, 2.05) is 32.0 Å². The molecule has 0 bridgehead atoms. The van der Waals surface area contributed by atoms with Crippen LogP contribution in [0.25, 0.3) is 0 Å². The van der Waals surface area contributed by atoms with Gasteiger partial charge in [0.05, 0.1) is 20.1 Å². The minimum atomic E-state index is -0.282. The van der Waals surface area contributed by atoms with Crippen molar-refractivity contribution >= 4 is 5.97 Å². The number of ether oxygens (including phenoxy) is 3. The molecule has 0 N–H and O–H groups in total. The average molecular weight is 413 g/mol. The van der Waals surface area contributed by atoms with Crippen LogP contribution in [0.3, 0.4) is 0 Å². The fourth-order valence-electron chi connectivity index (χ4n) is 3.58. The van der Waals surface area contributed by atoms with Crippen molar-refractivity contribution in [3.63, 3.8) is 0 Å². The Morgan fingerprint density at radius 2 is 1.50 bits per heavy atom. The topological polar surface area (TPSA) is 51.2 Å². The molecular weight excluding hydrogens is 380 g/mol. The number of rotatable bonds is 8. The van der Waals surface area contributed by atoms with Crippen molar-refractivity contribution < 1.29 is 19.0 Å². The first kappa shape index (κ1) is 22.1. The van der Waals surface area contributed by atoms with E-state index >= 15 is 0 Å². The molecule has 0 aromatic heterocycles. The van der Waals surface area contributed by atoms with Gasteiger partial charge in [0.1, 0.15) is 0 Å². The third kappa shape index (κ3) is 5.52. The van der Waals surface area contributed by atoms with Gasteiger partial charge in [-0.25, -0.2) is 0 Å². The molecule has 3 rings (SSSR count). The summed E-state index contributed by atoms with van der Waals surface area (Å²) < 4.78 is 16.7. The zero-order valence-corrected chi connectivity index (χ0v) is 18.4. The Kier molecular flexibility index (Phi) is 7.71. The summed E-state index contributed by atoms with van der Waals surface area (Å²) in [5, 5.41) is 0. The summed E-state index contributed by atoms with van der Waals surface area (Å²) in [4.78, 5) is 17.2. The highest BCUT2D eigenvalue weighted by Gasteiger charge is 2.24. The van der Waals surface area contributed by atoms with E-state index < -0.39 is 0 Å². The van der Waals surface area contributed by atoms with Gasteiger partial charge in [0.25, 0.3) is 0 Å². The largest absolute Gasteiger partial charge is 0.493 e. The molecule has 1 aliphatic heterocycles. The van der Waals surface area contributed by atoms with Crippen molar-refractivity contribution in [3.8, 4) is 17.2 Å². The van der Waals surface area contributed by atoms with Gasteiger partial charge in [-0.15, -0.1) is 0 Å². The second-order valence-electron chi connectivity index (χ2n) is 7.90. The van der Waals surface area contributed by atoms with E-state index in [1.165, 1.54) is 5.56 Å². The van der Waals surface area contributed by atoms with Crippen LogP contribution in [0.4, 0.5) is 0 Å². The first-order valence-corrected chi connectivity index (χ1v) is 10.5. The predicted octanol–water partition coefficient (Wildman–Crippen LogP) is 3.58. The van der Waals surface area contributed by atoms with Gasteiger partial charge in [-0.05, 0) is 11.6 Å². The summed E-state index contributed by atoms with van der Waals surface area (Å²) in [5.41, 5.74) is 2.27. The van der Waals surface area contributed by atoms with Crippen LogP contribution in [-0.2, 0) is 17.9 Å². The molecule has 0 aliphatic carbocycles. The molecule has 2 aromatic rings. The van der Waals surface area contributed by atoms with Crippen LogP contribution in [0.5, 0.6) is 17.2 Å². The molecule has 6 heteroatoms. The molecule has 1 aliphatic rings. The normalized spacial score (nSPS) is 15.2.